The largest absolute Gasteiger partial charge is 0.265 e. The van der Waals surface area contributed by atoms with Crippen LogP contribution in [-0.2, 0) is 0 Å². The van der Waals surface area contributed by atoms with Crippen molar-refractivity contribution in [2.75, 3.05) is 7.05 Å². The van der Waals surface area contributed by atoms with Crippen molar-refractivity contribution >= 4 is 0 Å². The number of nitrogens with zero attached hydrogens (tertiary/aromatic N) is 1. The minimum absolute atomic E-state index is 0.500. The van der Waals surface area contributed by atoms with Crippen molar-refractivity contribution in [3.8, 4) is 0 Å². The Bertz CT molecular complexity index is 152. The van der Waals surface area contributed by atoms with E-state index in [2.05, 4.69) is 19.9 Å². The summed E-state index contributed by atoms with van der Waals surface area (Å²) in [4.78, 5) is 8.31. The molecule has 0 N–H and O–H groups in total. The van der Waals surface area contributed by atoms with Crippen LogP contribution in [0.25, 0.3) is 0 Å². The van der Waals surface area contributed by atoms with Gasteiger partial charge in [0.15, 0.2) is 7.05 Å². The lowest BCUT2D eigenvalue weighted by Gasteiger charge is -1.77. The van der Waals surface area contributed by atoms with E-state index >= 15 is 0 Å². The molecule has 13 heavy (non-hydrogen) atoms. The summed E-state index contributed by atoms with van der Waals surface area (Å²) >= 11 is 0. The van der Waals surface area contributed by atoms with Gasteiger partial charge in [0.2, 0.25) is 0 Å². The smallest absolute Gasteiger partial charge is 0.194 e. The zero-order chi connectivity index (χ0) is 11.3. The Morgan fingerprint density at radius 1 is 1.31 bits per heavy atom. The van der Waals surface area contributed by atoms with Gasteiger partial charge in [0.1, 0.15) is 0 Å². The summed E-state index contributed by atoms with van der Waals surface area (Å²) in [6, 6.07) is 0. The van der Waals surface area contributed by atoms with E-state index in [0.717, 1.165) is 7.05 Å². The van der Waals surface area contributed by atoms with E-state index in [0.29, 0.717) is 0 Å². The van der Waals surface area contributed by atoms with E-state index in [1.165, 1.54) is 5.57 Å². The molecule has 0 rings (SSSR count). The summed E-state index contributed by atoms with van der Waals surface area (Å²) in [5.74, 6) is 0. The van der Waals surface area contributed by atoms with Crippen LogP contribution in [0.1, 0.15) is 34.6 Å². The Labute approximate surface area is 81.3 Å². The van der Waals surface area contributed by atoms with Crippen molar-refractivity contribution in [3.63, 3.8) is 0 Å². The first kappa shape index (κ1) is 17.8. The van der Waals surface area contributed by atoms with Gasteiger partial charge in [-0.2, -0.15) is 0 Å². The lowest BCUT2D eigenvalue weighted by atomic mass is 10.3. The normalized spacial score (nSPS) is 7.54. The lowest BCUT2D eigenvalue weighted by Crippen LogP contribution is -1.79. The Morgan fingerprint density at radius 2 is 1.62 bits per heavy atom. The maximum absolute atomic E-state index is 8.81. The molecule has 0 radical (unpaired) electrons. The molecule has 3 heteroatoms. The van der Waals surface area contributed by atoms with Crippen LogP contribution in [0.4, 0.5) is 0 Å². The summed E-state index contributed by atoms with van der Waals surface area (Å²) in [6.45, 7) is 10.2. The second-order valence-corrected chi connectivity index (χ2v) is 2.21. The van der Waals surface area contributed by atoms with Gasteiger partial charge >= 0.3 is 0 Å². The molecule has 0 saturated heterocycles. The fourth-order valence-electron chi connectivity index (χ4n) is 0.289. The Kier molecular flexibility index (Phi) is 23.5. The van der Waals surface area contributed by atoms with Crippen molar-refractivity contribution in [2.45, 2.75) is 34.6 Å². The van der Waals surface area contributed by atoms with Gasteiger partial charge in [0, 0.05) is 4.92 Å². The number of allylic oxidation sites excluding steroid dienone is 4. The number of nitro groups is 1. The zero-order valence-corrected chi connectivity index (χ0v) is 9.50. The van der Waals surface area contributed by atoms with Gasteiger partial charge < -0.3 is 0 Å². The first-order chi connectivity index (χ1) is 6.00. The highest BCUT2D eigenvalue weighted by molar-refractivity contribution is 5.06. The molecule has 0 bridgehead atoms. The van der Waals surface area contributed by atoms with Gasteiger partial charge in [0.05, 0.1) is 0 Å². The second kappa shape index (κ2) is 17.1. The number of hydrogen-bond donors (Lipinski definition) is 0. The van der Waals surface area contributed by atoms with Crippen molar-refractivity contribution < 1.29 is 4.92 Å². The third-order valence-electron chi connectivity index (χ3n) is 0.622. The van der Waals surface area contributed by atoms with Gasteiger partial charge in [-0.3, -0.25) is 10.1 Å². The van der Waals surface area contributed by atoms with Crippen LogP contribution in [-0.4, -0.2) is 12.0 Å². The minimum atomic E-state index is -0.500. The molecule has 0 aliphatic carbocycles. The molecule has 0 unspecified atom stereocenters. The molecular weight excluding hydrogens is 166 g/mol. The summed E-state index contributed by atoms with van der Waals surface area (Å²) in [5, 5.41) is 8.81. The minimum Gasteiger partial charge on any atom is -0.265 e. The Balaban J connectivity index is -0.000000142. The lowest BCUT2D eigenvalue weighted by molar-refractivity contribution is -0.445. The van der Waals surface area contributed by atoms with Gasteiger partial charge in [-0.25, -0.2) is 0 Å². The standard InChI is InChI=1S/C7H12.C2H6.CH3NO2/c1-4-5-6-7(2)3;1-2;1-2(3)4/h4-6H,1-3H3;1-2H3;1H3/b5-4-;;. The van der Waals surface area contributed by atoms with Crippen molar-refractivity contribution in [3.05, 3.63) is 33.9 Å². The van der Waals surface area contributed by atoms with Crippen molar-refractivity contribution in [2.24, 2.45) is 0 Å². The van der Waals surface area contributed by atoms with E-state index in [9.17, 15) is 0 Å². The molecule has 3 nitrogen and oxygen atoms in total. The molecule has 0 heterocycles. The summed E-state index contributed by atoms with van der Waals surface area (Å²) < 4.78 is 0. The summed E-state index contributed by atoms with van der Waals surface area (Å²) in [6.07, 6.45) is 6.14. The highest BCUT2D eigenvalue weighted by Crippen LogP contribution is 1.87. The monoisotopic (exact) mass is 187 g/mol. The molecule has 78 valence electrons. The van der Waals surface area contributed by atoms with E-state index in [1.54, 1.807) is 0 Å². The fraction of sp³-hybridized carbons (Fsp3) is 0.600. The average Bonchev–Trinajstić information content (AvgIpc) is 2.03. The van der Waals surface area contributed by atoms with E-state index in [1.807, 2.05) is 32.9 Å². The Morgan fingerprint density at radius 3 is 1.69 bits per heavy atom. The Hall–Kier alpha value is -1.12. The molecule has 0 aromatic rings. The first-order valence-electron chi connectivity index (χ1n) is 4.35. The topological polar surface area (TPSA) is 43.1 Å². The maximum Gasteiger partial charge on any atom is 0.194 e. The number of hydrogen-bond acceptors (Lipinski definition) is 2. The average molecular weight is 187 g/mol. The predicted octanol–water partition coefficient (Wildman–Crippen LogP) is 3.45. The van der Waals surface area contributed by atoms with E-state index in [4.69, 9.17) is 10.1 Å². The van der Waals surface area contributed by atoms with E-state index < -0.39 is 4.92 Å². The quantitative estimate of drug-likeness (QED) is 0.358. The second-order valence-electron chi connectivity index (χ2n) is 2.21. The van der Waals surface area contributed by atoms with Crippen molar-refractivity contribution in [1.82, 2.24) is 0 Å². The zero-order valence-electron chi connectivity index (χ0n) is 9.50. The summed E-state index contributed by atoms with van der Waals surface area (Å²) in [5.41, 5.74) is 1.35. The van der Waals surface area contributed by atoms with Gasteiger partial charge in [-0.05, 0) is 20.8 Å². The van der Waals surface area contributed by atoms with Crippen LogP contribution < -0.4 is 0 Å². The van der Waals surface area contributed by atoms with Crippen LogP contribution >= 0.6 is 0 Å². The SMILES string of the molecule is C/C=C\C=C(C)C.CC.C[N+](=O)[O-]. The van der Waals surface area contributed by atoms with Crippen LogP contribution in [0.2, 0.25) is 0 Å². The van der Waals surface area contributed by atoms with Gasteiger partial charge in [-0.15, -0.1) is 0 Å². The molecule has 0 aliphatic rings. The predicted molar refractivity (Wildman–Crippen MR) is 58.5 cm³/mol. The molecule has 0 saturated carbocycles. The molecule has 0 aromatic heterocycles. The fourth-order valence-corrected chi connectivity index (χ4v) is 0.289. The van der Waals surface area contributed by atoms with Crippen molar-refractivity contribution in [1.29, 1.82) is 0 Å². The van der Waals surface area contributed by atoms with Crippen LogP contribution in [0.15, 0.2) is 23.8 Å². The molecule has 0 spiro atoms. The van der Waals surface area contributed by atoms with Crippen LogP contribution in [0.5, 0.6) is 0 Å². The molecule has 0 fully saturated rings. The molecule has 0 aromatic carbocycles. The molecule has 0 aliphatic heterocycles. The number of rotatable bonds is 1. The van der Waals surface area contributed by atoms with Gasteiger partial charge in [0.25, 0.3) is 0 Å². The maximum atomic E-state index is 8.81. The van der Waals surface area contributed by atoms with Crippen LogP contribution in [0, 0.1) is 10.1 Å². The summed E-state index contributed by atoms with van der Waals surface area (Å²) in [7, 11) is 0.889. The van der Waals surface area contributed by atoms with Crippen LogP contribution in [0.3, 0.4) is 0 Å². The highest BCUT2D eigenvalue weighted by Gasteiger charge is 1.65. The third-order valence-corrected chi connectivity index (χ3v) is 0.622. The van der Waals surface area contributed by atoms with E-state index in [-0.39, 0.29) is 0 Å². The molecular formula is C10H21NO2. The highest BCUT2D eigenvalue weighted by atomic mass is 16.6. The molecule has 0 atom stereocenters. The van der Waals surface area contributed by atoms with Gasteiger partial charge in [-0.1, -0.05) is 37.6 Å². The first-order valence-corrected chi connectivity index (χ1v) is 4.35. The third kappa shape index (κ3) is 103. The molecule has 0 amide bonds.